The first-order valence-electron chi connectivity index (χ1n) is 10.4. The Morgan fingerprint density at radius 3 is 2.67 bits per heavy atom. The SMILES string of the molecule is Cc1ccc(C(=O)N2[C@@H]3CC[C@H]2[C@H](Nc2ncc(C(F)(F)F)cc2Cl)C3)c(-n2nccn2)n1. The molecule has 12 heteroatoms. The standard InChI is InChI=1S/C21H19ClF3N7O/c1-11-2-4-14(19(29-11)32-27-6-7-28-32)20(33)31-13-3-5-17(31)16(9-13)30-18-15(22)8-12(10-26-18)21(23,24)25/h2,4,6-8,10,13,16-17H,3,5,9H2,1H3,(H,26,30)/t13-,16-,17+/m1/s1. The van der Waals surface area contributed by atoms with Crippen molar-refractivity contribution in [1.82, 2.24) is 29.9 Å². The number of carbonyl (C=O) groups excluding carboxylic acids is 1. The molecule has 2 bridgehead atoms. The number of aryl methyl sites for hydroxylation is 1. The van der Waals surface area contributed by atoms with Crippen LogP contribution in [0.15, 0.2) is 36.8 Å². The van der Waals surface area contributed by atoms with Crippen molar-refractivity contribution in [1.29, 1.82) is 0 Å². The Hall–Kier alpha value is -3.21. The van der Waals surface area contributed by atoms with E-state index in [1.165, 1.54) is 17.2 Å². The molecule has 0 spiro atoms. The molecule has 1 N–H and O–H groups in total. The number of fused-ring (bicyclic) bond motifs is 2. The summed E-state index contributed by atoms with van der Waals surface area (Å²) in [6, 6.07) is 4.00. The Bertz CT molecular complexity index is 1200. The average molecular weight is 478 g/mol. The van der Waals surface area contributed by atoms with Crippen molar-refractivity contribution in [2.45, 2.75) is 50.5 Å². The third-order valence-corrected chi connectivity index (χ3v) is 6.40. The van der Waals surface area contributed by atoms with Crippen LogP contribution in [0.1, 0.15) is 40.9 Å². The van der Waals surface area contributed by atoms with Gasteiger partial charge >= 0.3 is 6.18 Å². The van der Waals surface area contributed by atoms with E-state index < -0.39 is 11.7 Å². The molecule has 0 unspecified atom stereocenters. The Morgan fingerprint density at radius 1 is 1.21 bits per heavy atom. The largest absolute Gasteiger partial charge is 0.417 e. The minimum Gasteiger partial charge on any atom is -0.364 e. The number of alkyl halides is 3. The number of amides is 1. The molecular formula is C21H19ClF3N7O. The first-order valence-corrected chi connectivity index (χ1v) is 10.8. The van der Waals surface area contributed by atoms with Gasteiger partial charge in [-0.05, 0) is 44.4 Å². The molecule has 2 saturated heterocycles. The first kappa shape index (κ1) is 21.6. The summed E-state index contributed by atoms with van der Waals surface area (Å²) in [7, 11) is 0. The summed E-state index contributed by atoms with van der Waals surface area (Å²) in [5.74, 6) is 0.347. The maximum absolute atomic E-state index is 13.6. The maximum Gasteiger partial charge on any atom is 0.417 e. The van der Waals surface area contributed by atoms with Crippen LogP contribution in [0, 0.1) is 6.92 Å². The number of carbonyl (C=O) groups is 1. The molecule has 2 aliphatic heterocycles. The lowest BCUT2D eigenvalue weighted by Gasteiger charge is -2.26. The summed E-state index contributed by atoms with van der Waals surface area (Å²) < 4.78 is 38.7. The number of aromatic nitrogens is 5. The van der Waals surface area contributed by atoms with Crippen LogP contribution in [-0.4, -0.2) is 53.9 Å². The molecule has 5 rings (SSSR count). The van der Waals surface area contributed by atoms with Crippen molar-refractivity contribution in [3.63, 3.8) is 0 Å². The summed E-state index contributed by atoms with van der Waals surface area (Å²) >= 11 is 6.07. The van der Waals surface area contributed by atoms with Crippen molar-refractivity contribution in [3.05, 3.63) is 58.6 Å². The number of nitrogens with one attached hydrogen (secondary N) is 1. The second kappa shape index (κ2) is 7.98. The predicted molar refractivity (Wildman–Crippen MR) is 113 cm³/mol. The Kier molecular flexibility index (Phi) is 5.23. The quantitative estimate of drug-likeness (QED) is 0.613. The second-order valence-corrected chi connectivity index (χ2v) is 8.60. The molecule has 1 amide bonds. The molecule has 3 aromatic rings. The zero-order valence-electron chi connectivity index (χ0n) is 17.4. The lowest BCUT2D eigenvalue weighted by atomic mass is 9.95. The topological polar surface area (TPSA) is 88.8 Å². The van der Waals surface area contributed by atoms with Gasteiger partial charge in [-0.25, -0.2) is 9.97 Å². The van der Waals surface area contributed by atoms with Gasteiger partial charge in [0.25, 0.3) is 5.91 Å². The number of pyridine rings is 2. The van der Waals surface area contributed by atoms with Gasteiger partial charge < -0.3 is 10.2 Å². The van der Waals surface area contributed by atoms with Crippen molar-refractivity contribution >= 4 is 23.3 Å². The van der Waals surface area contributed by atoms with E-state index in [0.29, 0.717) is 17.8 Å². The number of anilines is 1. The van der Waals surface area contributed by atoms with Crippen molar-refractivity contribution in [2.24, 2.45) is 0 Å². The smallest absolute Gasteiger partial charge is 0.364 e. The molecule has 8 nitrogen and oxygen atoms in total. The lowest BCUT2D eigenvalue weighted by Crippen LogP contribution is -2.40. The molecule has 2 fully saturated rings. The Balaban J connectivity index is 1.39. The van der Waals surface area contributed by atoms with Crippen LogP contribution in [0.5, 0.6) is 0 Å². The highest BCUT2D eigenvalue weighted by Crippen LogP contribution is 2.41. The maximum atomic E-state index is 13.6. The predicted octanol–water partition coefficient (Wildman–Crippen LogP) is 3.90. The first-order chi connectivity index (χ1) is 15.7. The molecule has 33 heavy (non-hydrogen) atoms. The van der Waals surface area contributed by atoms with Crippen molar-refractivity contribution < 1.29 is 18.0 Å². The Labute approximate surface area is 191 Å². The number of hydrogen-bond donors (Lipinski definition) is 1. The molecule has 2 aliphatic rings. The normalized spacial score (nSPS) is 22.1. The highest BCUT2D eigenvalue weighted by molar-refractivity contribution is 6.33. The number of halogens is 4. The van der Waals surface area contributed by atoms with Gasteiger partial charge in [-0.3, -0.25) is 4.79 Å². The van der Waals surface area contributed by atoms with Gasteiger partial charge in [0, 0.05) is 24.0 Å². The molecule has 3 atom stereocenters. The Morgan fingerprint density at radius 2 is 1.97 bits per heavy atom. The average Bonchev–Trinajstić information content (AvgIpc) is 3.50. The van der Waals surface area contributed by atoms with Crippen LogP contribution >= 0.6 is 11.6 Å². The van der Waals surface area contributed by atoms with Crippen LogP contribution in [0.25, 0.3) is 5.82 Å². The molecule has 3 aromatic heterocycles. The van der Waals surface area contributed by atoms with Crippen LogP contribution in [0.4, 0.5) is 19.0 Å². The van der Waals surface area contributed by atoms with Gasteiger partial charge in [-0.15, -0.1) is 4.80 Å². The minimum absolute atomic E-state index is 0.00652. The van der Waals surface area contributed by atoms with E-state index in [2.05, 4.69) is 25.5 Å². The van der Waals surface area contributed by atoms with E-state index in [0.717, 1.165) is 30.8 Å². The van der Waals surface area contributed by atoms with E-state index >= 15 is 0 Å². The van der Waals surface area contributed by atoms with Gasteiger partial charge in [0.15, 0.2) is 5.82 Å². The second-order valence-electron chi connectivity index (χ2n) is 8.19. The van der Waals surface area contributed by atoms with E-state index in [4.69, 9.17) is 11.6 Å². The fraction of sp³-hybridized carbons (Fsp3) is 0.381. The van der Waals surface area contributed by atoms with Gasteiger partial charge in [0.1, 0.15) is 5.82 Å². The summed E-state index contributed by atoms with van der Waals surface area (Å²) in [5, 5.41) is 11.3. The summed E-state index contributed by atoms with van der Waals surface area (Å²) in [6.07, 6.45) is 1.51. The fourth-order valence-electron chi connectivity index (χ4n) is 4.66. The van der Waals surface area contributed by atoms with E-state index in [-0.39, 0.29) is 34.9 Å². The number of hydrogen-bond acceptors (Lipinski definition) is 6. The fourth-order valence-corrected chi connectivity index (χ4v) is 4.88. The van der Waals surface area contributed by atoms with Crippen molar-refractivity contribution in [3.8, 4) is 5.82 Å². The molecule has 0 aliphatic carbocycles. The van der Waals surface area contributed by atoms with Crippen LogP contribution in [0.3, 0.4) is 0 Å². The van der Waals surface area contributed by atoms with Crippen LogP contribution in [-0.2, 0) is 6.18 Å². The van der Waals surface area contributed by atoms with Crippen molar-refractivity contribution in [2.75, 3.05) is 5.32 Å². The van der Waals surface area contributed by atoms with Crippen LogP contribution < -0.4 is 5.32 Å². The molecule has 0 radical (unpaired) electrons. The summed E-state index contributed by atoms with van der Waals surface area (Å²) in [4.78, 5) is 25.1. The summed E-state index contributed by atoms with van der Waals surface area (Å²) in [6.45, 7) is 1.82. The van der Waals surface area contributed by atoms with Gasteiger partial charge in [-0.1, -0.05) is 11.6 Å². The number of rotatable bonds is 4. The molecular weight excluding hydrogens is 459 g/mol. The highest BCUT2D eigenvalue weighted by atomic mass is 35.5. The van der Waals surface area contributed by atoms with Gasteiger partial charge in [0.2, 0.25) is 0 Å². The zero-order chi connectivity index (χ0) is 23.3. The lowest BCUT2D eigenvalue weighted by molar-refractivity contribution is -0.137. The minimum atomic E-state index is -4.52. The van der Waals surface area contributed by atoms with Crippen LogP contribution in [0.2, 0.25) is 5.02 Å². The molecule has 0 saturated carbocycles. The zero-order valence-corrected chi connectivity index (χ0v) is 18.2. The van der Waals surface area contributed by atoms with Gasteiger partial charge in [-0.2, -0.15) is 23.4 Å². The molecule has 5 heterocycles. The number of nitrogens with zero attached hydrogens (tertiary/aromatic N) is 6. The third-order valence-electron chi connectivity index (χ3n) is 6.11. The molecule has 172 valence electrons. The molecule has 0 aromatic carbocycles. The monoisotopic (exact) mass is 477 g/mol. The highest BCUT2D eigenvalue weighted by Gasteiger charge is 2.49. The van der Waals surface area contributed by atoms with E-state index in [1.807, 2.05) is 11.8 Å². The van der Waals surface area contributed by atoms with E-state index in [9.17, 15) is 18.0 Å². The van der Waals surface area contributed by atoms with Gasteiger partial charge in [0.05, 0.1) is 34.6 Å². The van der Waals surface area contributed by atoms with E-state index in [1.54, 1.807) is 12.1 Å². The summed E-state index contributed by atoms with van der Waals surface area (Å²) in [5.41, 5.74) is 0.209. The third kappa shape index (κ3) is 3.90.